The van der Waals surface area contributed by atoms with Crippen LogP contribution in [0.25, 0.3) is 0 Å². The molecule has 0 aromatic heterocycles. The van der Waals surface area contributed by atoms with E-state index in [1.54, 1.807) is 0 Å². The minimum absolute atomic E-state index is 0.424. The van der Waals surface area contributed by atoms with Gasteiger partial charge in [0.2, 0.25) is 5.66 Å². The topological polar surface area (TPSA) is 116 Å². The van der Waals surface area contributed by atoms with Gasteiger partial charge in [-0.1, -0.05) is 18.2 Å². The van der Waals surface area contributed by atoms with Gasteiger partial charge in [0.1, 0.15) is 18.0 Å². The second-order valence-electron chi connectivity index (χ2n) is 6.47. The fourth-order valence-corrected chi connectivity index (χ4v) is 2.94. The van der Waals surface area contributed by atoms with Crippen molar-refractivity contribution in [1.29, 1.82) is 0 Å². The van der Waals surface area contributed by atoms with Gasteiger partial charge >= 0.3 is 11.9 Å². The van der Waals surface area contributed by atoms with Crippen LogP contribution in [-0.4, -0.2) is 22.2 Å². The summed E-state index contributed by atoms with van der Waals surface area (Å²) >= 11 is 0. The van der Waals surface area contributed by atoms with E-state index in [4.69, 9.17) is 21.9 Å². The van der Waals surface area contributed by atoms with E-state index in [0.29, 0.717) is 18.5 Å². The maximum atomic E-state index is 6.14. The average Bonchev–Trinajstić information content (AvgIpc) is 2.51. The molecule has 7 heteroatoms. The molecule has 25 heavy (non-hydrogen) atoms. The van der Waals surface area contributed by atoms with Gasteiger partial charge in [-0.15, -0.1) is 0 Å². The first kappa shape index (κ1) is 16.6. The Morgan fingerprint density at radius 2 is 1.84 bits per heavy atom. The Hall–Kier alpha value is -3.22. The normalized spacial score (nSPS) is 16.2. The molecule has 7 nitrogen and oxygen atoms in total. The van der Waals surface area contributed by atoms with Gasteiger partial charge in [-0.05, 0) is 29.8 Å². The molecule has 0 saturated heterocycles. The number of hydrogen-bond acceptors (Lipinski definition) is 5. The molecule has 1 aliphatic heterocycles. The van der Waals surface area contributed by atoms with E-state index in [1.807, 2.05) is 67.0 Å². The molecular weight excluding hydrogens is 316 g/mol. The highest BCUT2D eigenvalue weighted by Gasteiger charge is 2.35. The van der Waals surface area contributed by atoms with Crippen LogP contribution in [0.15, 0.2) is 48.5 Å². The Morgan fingerprint density at radius 1 is 1.08 bits per heavy atom. The molecule has 0 radical (unpaired) electrons. The fourth-order valence-electron chi connectivity index (χ4n) is 2.94. The van der Waals surface area contributed by atoms with Crippen molar-refractivity contribution in [2.45, 2.75) is 26.1 Å². The SMILES string of the molecule is CC1(C)[NH+]=C(N)NC(N)=[N+]1c1cccc(OCc2cccc(N)c2)c1. The number of benzene rings is 2. The van der Waals surface area contributed by atoms with E-state index >= 15 is 0 Å². The Morgan fingerprint density at radius 3 is 2.56 bits per heavy atom. The Balaban J connectivity index is 1.83. The monoisotopic (exact) mass is 340 g/mol. The Bertz CT molecular complexity index is 856. The van der Waals surface area contributed by atoms with Crippen LogP contribution >= 0.6 is 0 Å². The molecule has 8 N–H and O–H groups in total. The quantitative estimate of drug-likeness (QED) is 0.381. The van der Waals surface area contributed by atoms with Crippen molar-refractivity contribution in [3.63, 3.8) is 0 Å². The van der Waals surface area contributed by atoms with Crippen LogP contribution in [0.5, 0.6) is 5.75 Å². The Kier molecular flexibility index (Phi) is 4.22. The van der Waals surface area contributed by atoms with Crippen LogP contribution in [0, 0.1) is 0 Å². The summed E-state index contributed by atoms with van der Waals surface area (Å²) in [6.07, 6.45) is 0. The van der Waals surface area contributed by atoms with Gasteiger partial charge in [-0.3, -0.25) is 11.5 Å². The molecule has 0 spiro atoms. The molecule has 0 atom stereocenters. The first-order valence-electron chi connectivity index (χ1n) is 8.03. The highest BCUT2D eigenvalue weighted by molar-refractivity contribution is 5.93. The molecule has 0 aliphatic carbocycles. The summed E-state index contributed by atoms with van der Waals surface area (Å²) in [7, 11) is 0. The number of rotatable bonds is 4. The molecule has 3 rings (SSSR count). The van der Waals surface area contributed by atoms with Crippen LogP contribution in [0.4, 0.5) is 11.4 Å². The third kappa shape index (κ3) is 3.65. The summed E-state index contributed by atoms with van der Waals surface area (Å²) in [6, 6.07) is 15.4. The summed E-state index contributed by atoms with van der Waals surface area (Å²) in [5.74, 6) is 1.62. The van der Waals surface area contributed by atoms with Crippen LogP contribution in [0.3, 0.4) is 0 Å². The van der Waals surface area contributed by atoms with Crippen LogP contribution < -0.4 is 32.2 Å². The maximum absolute atomic E-state index is 6.14. The van der Waals surface area contributed by atoms with Crippen molar-refractivity contribution in [3.8, 4) is 5.75 Å². The number of nitrogen functional groups attached to an aromatic ring is 1. The molecule has 2 aromatic rings. The second kappa shape index (κ2) is 6.35. The smallest absolute Gasteiger partial charge is 0.361 e. The van der Waals surface area contributed by atoms with E-state index in [9.17, 15) is 0 Å². The zero-order valence-electron chi connectivity index (χ0n) is 14.4. The predicted octanol–water partition coefficient (Wildman–Crippen LogP) is -0.459. The van der Waals surface area contributed by atoms with E-state index in [-0.39, 0.29) is 0 Å². The number of anilines is 1. The predicted molar refractivity (Wildman–Crippen MR) is 98.1 cm³/mol. The molecule has 130 valence electrons. The van der Waals surface area contributed by atoms with Gasteiger partial charge in [-0.25, -0.2) is 4.99 Å². The zero-order valence-corrected chi connectivity index (χ0v) is 14.4. The lowest BCUT2D eigenvalue weighted by molar-refractivity contribution is -0.775. The molecule has 0 saturated carbocycles. The molecule has 0 bridgehead atoms. The Labute approximate surface area is 146 Å². The molecule has 0 unspecified atom stereocenters. The fraction of sp³-hybridized carbons (Fsp3) is 0.222. The third-order valence-electron chi connectivity index (χ3n) is 3.94. The number of ether oxygens (including phenoxy) is 1. The lowest BCUT2D eigenvalue weighted by Crippen LogP contribution is -2.95. The summed E-state index contributed by atoms with van der Waals surface area (Å²) in [4.78, 5) is 3.17. The van der Waals surface area contributed by atoms with E-state index in [1.165, 1.54) is 0 Å². The maximum Gasteiger partial charge on any atom is 0.361 e. The summed E-state index contributed by atoms with van der Waals surface area (Å²) in [6.45, 7) is 4.43. The first-order valence-corrected chi connectivity index (χ1v) is 8.03. The van der Waals surface area contributed by atoms with Crippen molar-refractivity contribution in [2.75, 3.05) is 5.73 Å². The van der Waals surface area contributed by atoms with Crippen molar-refractivity contribution in [1.82, 2.24) is 5.32 Å². The zero-order chi connectivity index (χ0) is 18.0. The average molecular weight is 340 g/mol. The molecule has 0 amide bonds. The second-order valence-corrected chi connectivity index (χ2v) is 6.47. The van der Waals surface area contributed by atoms with E-state index < -0.39 is 5.66 Å². The molecule has 1 aliphatic rings. The van der Waals surface area contributed by atoms with Gasteiger partial charge in [-0.2, -0.15) is 9.89 Å². The van der Waals surface area contributed by atoms with Gasteiger partial charge in [0.05, 0.1) is 0 Å². The van der Waals surface area contributed by atoms with Crippen molar-refractivity contribution < 1.29 is 14.3 Å². The molecular formula is C18H24N6O+2. The lowest BCUT2D eigenvalue weighted by Gasteiger charge is -2.27. The minimum Gasteiger partial charge on any atom is -0.489 e. The van der Waals surface area contributed by atoms with Crippen molar-refractivity contribution in [2.24, 2.45) is 11.5 Å². The number of guanidine groups is 2. The molecule has 2 aromatic carbocycles. The molecule has 0 fully saturated rings. The third-order valence-corrected chi connectivity index (χ3v) is 3.94. The summed E-state index contributed by atoms with van der Waals surface area (Å²) in [5.41, 5.74) is 19.9. The van der Waals surface area contributed by atoms with E-state index in [2.05, 4.69) is 10.3 Å². The highest BCUT2D eigenvalue weighted by Crippen LogP contribution is 2.24. The highest BCUT2D eigenvalue weighted by atomic mass is 16.5. The lowest BCUT2D eigenvalue weighted by atomic mass is 10.2. The standard InChI is InChI=1S/C18H22N6O/c1-18(2)23-16(20)22-17(21)24(18)14-7-4-8-15(10-14)25-11-12-5-3-6-13(19)9-12/h3-10H,11,19H2,1-2H3,(H4,20,21,22,23)/p+2. The summed E-state index contributed by atoms with van der Waals surface area (Å²) in [5, 5.41) is 2.92. The number of nitrogens with one attached hydrogen (secondary N) is 2. The largest absolute Gasteiger partial charge is 0.489 e. The van der Waals surface area contributed by atoms with Crippen molar-refractivity contribution in [3.05, 3.63) is 54.1 Å². The number of nitrogens with zero attached hydrogens (tertiary/aromatic N) is 1. The first-order chi connectivity index (χ1) is 11.8. The van der Waals surface area contributed by atoms with Crippen molar-refractivity contribution >= 4 is 23.3 Å². The van der Waals surface area contributed by atoms with Gasteiger partial charge < -0.3 is 10.5 Å². The van der Waals surface area contributed by atoms with Gasteiger partial charge in [0.15, 0.2) is 0 Å². The van der Waals surface area contributed by atoms with Crippen LogP contribution in [0.1, 0.15) is 19.4 Å². The van der Waals surface area contributed by atoms with Gasteiger partial charge in [0.25, 0.3) is 0 Å². The van der Waals surface area contributed by atoms with E-state index in [0.717, 1.165) is 22.7 Å². The molecule has 1 heterocycles. The number of nitrogens with two attached hydrogens (primary N) is 3. The minimum atomic E-state index is -0.480. The number of hydrogen-bond donors (Lipinski definition) is 5. The van der Waals surface area contributed by atoms with Gasteiger partial charge in [0, 0.05) is 25.6 Å². The summed E-state index contributed by atoms with van der Waals surface area (Å²) < 4.78 is 7.83. The van der Waals surface area contributed by atoms with Crippen LogP contribution in [-0.2, 0) is 6.61 Å². The van der Waals surface area contributed by atoms with Crippen LogP contribution in [0.2, 0.25) is 0 Å².